The minimum atomic E-state index is -0.958. The third kappa shape index (κ3) is 5.89. The number of carbonyl (C=O) groups is 3. The molecule has 11 nitrogen and oxygen atoms in total. The van der Waals surface area contributed by atoms with Gasteiger partial charge in [-0.15, -0.1) is 0 Å². The van der Waals surface area contributed by atoms with E-state index in [1.165, 1.54) is 12.2 Å². The number of hydrogen-bond acceptors (Lipinski definition) is 8. The molecular weight excluding hydrogens is 542 g/mol. The maximum absolute atomic E-state index is 13.5. The molecule has 0 spiro atoms. The number of carbonyl (C=O) groups excluding carboxylic acids is 2. The van der Waals surface area contributed by atoms with E-state index in [1.807, 2.05) is 49.1 Å². The van der Waals surface area contributed by atoms with Crippen LogP contribution in [0.4, 0.5) is 0 Å². The molecule has 2 amide bonds. The summed E-state index contributed by atoms with van der Waals surface area (Å²) in [5.41, 5.74) is 2.38. The van der Waals surface area contributed by atoms with Crippen molar-refractivity contribution in [3.63, 3.8) is 0 Å². The molecule has 0 saturated carbocycles. The van der Waals surface area contributed by atoms with Crippen LogP contribution in [-0.2, 0) is 21.0 Å². The second-order valence-electron chi connectivity index (χ2n) is 10.9. The van der Waals surface area contributed by atoms with Gasteiger partial charge in [0.1, 0.15) is 0 Å². The number of hydrogen-bond donors (Lipinski definition) is 1. The van der Waals surface area contributed by atoms with Gasteiger partial charge in [0, 0.05) is 43.7 Å². The fraction of sp³-hybridized carbons (Fsp3) is 0.516. The summed E-state index contributed by atoms with van der Waals surface area (Å²) in [6, 6.07) is 10.6. The Hall–Kier alpha value is -3.83. The first kappa shape index (κ1) is 29.7. The number of rotatable bonds is 13. The van der Waals surface area contributed by atoms with Gasteiger partial charge in [0.15, 0.2) is 11.5 Å². The van der Waals surface area contributed by atoms with Crippen LogP contribution in [0.2, 0.25) is 0 Å². The molecule has 226 valence electrons. The van der Waals surface area contributed by atoms with Gasteiger partial charge in [0.25, 0.3) is 11.8 Å². The Bertz CT molecular complexity index is 1320. The van der Waals surface area contributed by atoms with Crippen molar-refractivity contribution in [2.24, 2.45) is 5.92 Å². The molecule has 1 saturated heterocycles. The highest BCUT2D eigenvalue weighted by Crippen LogP contribution is 2.47. The quantitative estimate of drug-likeness (QED) is 0.355. The van der Waals surface area contributed by atoms with Gasteiger partial charge in [-0.2, -0.15) is 0 Å². The molecule has 2 aromatic rings. The van der Waals surface area contributed by atoms with E-state index >= 15 is 0 Å². The Morgan fingerprint density at radius 2 is 1.95 bits per heavy atom. The molecule has 3 heterocycles. The van der Waals surface area contributed by atoms with Gasteiger partial charge in [-0.1, -0.05) is 32.0 Å². The lowest BCUT2D eigenvalue weighted by Crippen LogP contribution is -2.45. The molecule has 2 aromatic carbocycles. The van der Waals surface area contributed by atoms with E-state index in [0.29, 0.717) is 62.0 Å². The SMILES string of the molecule is CCCON(CCC)C(=O)CN1C[C@H](c2cc(OC)c3c(c2)OCO3)[C@@H](C(=O)O)[C@@H]1CCN1Cc2ccccc2C1=O. The van der Waals surface area contributed by atoms with Gasteiger partial charge in [0.2, 0.25) is 12.5 Å². The molecule has 1 fully saturated rings. The normalized spacial score (nSPS) is 21.1. The van der Waals surface area contributed by atoms with E-state index in [9.17, 15) is 19.5 Å². The Balaban J connectivity index is 1.43. The number of benzene rings is 2. The molecule has 0 aromatic heterocycles. The zero-order chi connectivity index (χ0) is 29.8. The van der Waals surface area contributed by atoms with Crippen LogP contribution in [0.5, 0.6) is 17.2 Å². The number of carboxylic acid groups (broad SMARTS) is 1. The Morgan fingerprint density at radius 3 is 2.67 bits per heavy atom. The number of ether oxygens (including phenoxy) is 3. The van der Waals surface area contributed by atoms with Gasteiger partial charge in [-0.3, -0.25) is 24.1 Å². The number of amides is 2. The van der Waals surface area contributed by atoms with E-state index in [0.717, 1.165) is 24.0 Å². The summed E-state index contributed by atoms with van der Waals surface area (Å²) in [5, 5.41) is 12.0. The van der Waals surface area contributed by atoms with E-state index in [2.05, 4.69) is 0 Å². The molecule has 0 radical (unpaired) electrons. The van der Waals surface area contributed by atoms with Crippen LogP contribution in [0.25, 0.3) is 0 Å². The number of fused-ring (bicyclic) bond motifs is 2. The van der Waals surface area contributed by atoms with E-state index in [-0.39, 0.29) is 25.2 Å². The van der Waals surface area contributed by atoms with Crippen LogP contribution in [0, 0.1) is 5.92 Å². The Kier molecular flexibility index (Phi) is 9.18. The molecule has 3 atom stereocenters. The Labute approximate surface area is 245 Å². The van der Waals surface area contributed by atoms with Crippen LogP contribution < -0.4 is 14.2 Å². The molecule has 5 rings (SSSR count). The monoisotopic (exact) mass is 581 g/mol. The summed E-state index contributed by atoms with van der Waals surface area (Å²) in [4.78, 5) is 48.9. The van der Waals surface area contributed by atoms with E-state index in [4.69, 9.17) is 19.0 Å². The van der Waals surface area contributed by atoms with Crippen LogP contribution in [0.15, 0.2) is 36.4 Å². The lowest BCUT2D eigenvalue weighted by atomic mass is 9.84. The van der Waals surface area contributed by atoms with E-state index in [1.54, 1.807) is 11.0 Å². The maximum Gasteiger partial charge on any atom is 0.308 e. The predicted molar refractivity (Wildman–Crippen MR) is 152 cm³/mol. The highest BCUT2D eigenvalue weighted by atomic mass is 16.7. The van der Waals surface area contributed by atoms with Crippen molar-refractivity contribution in [2.75, 3.05) is 46.7 Å². The third-order valence-corrected chi connectivity index (χ3v) is 8.23. The molecule has 3 aliphatic heterocycles. The largest absolute Gasteiger partial charge is 0.493 e. The summed E-state index contributed by atoms with van der Waals surface area (Å²) < 4.78 is 16.7. The second kappa shape index (κ2) is 13.0. The van der Waals surface area contributed by atoms with Crippen molar-refractivity contribution in [3.8, 4) is 17.2 Å². The van der Waals surface area contributed by atoms with Crippen molar-refractivity contribution in [1.82, 2.24) is 14.9 Å². The smallest absolute Gasteiger partial charge is 0.308 e. The van der Waals surface area contributed by atoms with Gasteiger partial charge < -0.3 is 24.2 Å². The van der Waals surface area contributed by atoms with Crippen molar-refractivity contribution < 1.29 is 38.5 Å². The number of likely N-dealkylation sites (tertiary alicyclic amines) is 1. The van der Waals surface area contributed by atoms with Crippen molar-refractivity contribution in [1.29, 1.82) is 0 Å². The summed E-state index contributed by atoms with van der Waals surface area (Å²) >= 11 is 0. The number of hydroxylamine groups is 2. The van der Waals surface area contributed by atoms with Crippen molar-refractivity contribution in [3.05, 3.63) is 53.1 Å². The van der Waals surface area contributed by atoms with Gasteiger partial charge in [-0.05, 0) is 48.6 Å². The van der Waals surface area contributed by atoms with Gasteiger partial charge in [-0.25, -0.2) is 5.06 Å². The summed E-state index contributed by atoms with van der Waals surface area (Å²) in [6.45, 7) is 6.07. The Morgan fingerprint density at radius 1 is 1.14 bits per heavy atom. The highest BCUT2D eigenvalue weighted by molar-refractivity contribution is 5.98. The average molecular weight is 582 g/mol. The highest BCUT2D eigenvalue weighted by Gasteiger charge is 2.48. The number of nitrogens with zero attached hydrogens (tertiary/aromatic N) is 3. The van der Waals surface area contributed by atoms with E-state index < -0.39 is 23.8 Å². The number of methoxy groups -OCH3 is 1. The molecule has 0 aliphatic carbocycles. The zero-order valence-electron chi connectivity index (χ0n) is 24.4. The lowest BCUT2D eigenvalue weighted by Gasteiger charge is -2.30. The molecule has 0 unspecified atom stereocenters. The number of carboxylic acids is 1. The molecule has 11 heteroatoms. The average Bonchev–Trinajstić information content (AvgIpc) is 3.69. The van der Waals surface area contributed by atoms with Crippen LogP contribution >= 0.6 is 0 Å². The summed E-state index contributed by atoms with van der Waals surface area (Å²) in [5.74, 6) is -1.05. The topological polar surface area (TPSA) is 118 Å². The van der Waals surface area contributed by atoms with Crippen LogP contribution in [0.3, 0.4) is 0 Å². The van der Waals surface area contributed by atoms with Gasteiger partial charge in [0.05, 0.1) is 26.2 Å². The fourth-order valence-electron chi connectivity index (χ4n) is 6.26. The maximum atomic E-state index is 13.5. The molecule has 42 heavy (non-hydrogen) atoms. The first-order valence-corrected chi connectivity index (χ1v) is 14.6. The molecular formula is C31H39N3O8. The third-order valence-electron chi connectivity index (χ3n) is 8.23. The lowest BCUT2D eigenvalue weighted by molar-refractivity contribution is -0.188. The fourth-order valence-corrected chi connectivity index (χ4v) is 6.26. The molecule has 1 N–H and O–H groups in total. The van der Waals surface area contributed by atoms with Crippen molar-refractivity contribution >= 4 is 17.8 Å². The second-order valence-corrected chi connectivity index (χ2v) is 10.9. The van der Waals surface area contributed by atoms with Crippen LogP contribution in [-0.4, -0.2) is 90.5 Å². The zero-order valence-corrected chi connectivity index (χ0v) is 24.4. The van der Waals surface area contributed by atoms with Gasteiger partial charge >= 0.3 is 5.97 Å². The van der Waals surface area contributed by atoms with Crippen LogP contribution in [0.1, 0.15) is 60.5 Å². The first-order valence-electron chi connectivity index (χ1n) is 14.6. The minimum absolute atomic E-state index is 0.00448. The van der Waals surface area contributed by atoms with Crippen molar-refractivity contribution in [2.45, 2.75) is 51.6 Å². The standard InChI is InChI=1S/C31H39N3O8/c1-4-11-34(42-13-5-2)27(35)18-33-17-23(21-14-25(39-3)29-26(15-21)40-19-41-29)28(31(37)38)24(33)10-12-32-16-20-8-6-7-9-22(20)30(32)36/h6-9,14-15,23-24,28H,4-5,10-13,16-19H2,1-3H3,(H,37,38)/t23-,24+,28-/m1/s1. The predicted octanol–water partition coefficient (Wildman–Crippen LogP) is 3.52. The molecule has 3 aliphatic rings. The summed E-state index contributed by atoms with van der Waals surface area (Å²) in [6.07, 6.45) is 1.89. The molecule has 0 bridgehead atoms. The first-order chi connectivity index (χ1) is 20.4. The minimum Gasteiger partial charge on any atom is -0.493 e. The summed E-state index contributed by atoms with van der Waals surface area (Å²) in [7, 11) is 1.53. The number of aliphatic carboxylic acids is 1.